The molecular formula is C33H31N2O+. The molecule has 0 amide bonds. The van der Waals surface area contributed by atoms with Gasteiger partial charge >= 0.3 is 0 Å². The monoisotopic (exact) mass is 471 g/mol. The lowest BCUT2D eigenvalue weighted by Crippen LogP contribution is -2.65. The summed E-state index contributed by atoms with van der Waals surface area (Å²) < 4.78 is 9.09. The van der Waals surface area contributed by atoms with Crippen molar-refractivity contribution in [2.45, 2.75) is 58.4 Å². The van der Waals surface area contributed by atoms with E-state index in [1.807, 2.05) is 6.33 Å². The molecule has 0 aliphatic carbocycles. The smallest absolute Gasteiger partial charge is 0.288 e. The minimum atomic E-state index is -0.214. The van der Waals surface area contributed by atoms with Crippen LogP contribution in [0.25, 0.3) is 54.9 Å². The highest BCUT2D eigenvalue weighted by Crippen LogP contribution is 2.51. The fourth-order valence-electron chi connectivity index (χ4n) is 6.34. The third-order valence-corrected chi connectivity index (χ3v) is 9.05. The number of hydrogen-bond donors (Lipinski definition) is 0. The van der Waals surface area contributed by atoms with Gasteiger partial charge in [0.05, 0.1) is 5.39 Å². The van der Waals surface area contributed by atoms with Gasteiger partial charge in [-0.1, -0.05) is 88.4 Å². The maximum atomic E-state index is 6.72. The van der Waals surface area contributed by atoms with Crippen LogP contribution in [0.4, 0.5) is 0 Å². The average Bonchev–Trinajstić information content (AvgIpc) is 3.25. The summed E-state index contributed by atoms with van der Waals surface area (Å²) in [7, 11) is 0. The molecule has 2 aromatic heterocycles. The molecule has 6 aromatic rings. The average molecular weight is 472 g/mol. The zero-order valence-corrected chi connectivity index (χ0v) is 21.8. The van der Waals surface area contributed by atoms with E-state index in [0.717, 1.165) is 27.8 Å². The van der Waals surface area contributed by atoms with Crippen LogP contribution >= 0.6 is 0 Å². The Hall–Kier alpha value is -3.72. The fourth-order valence-corrected chi connectivity index (χ4v) is 6.34. The first kappa shape index (κ1) is 21.6. The molecule has 3 heterocycles. The topological polar surface area (TPSA) is 29.9 Å². The summed E-state index contributed by atoms with van der Waals surface area (Å²) in [5.41, 5.74) is 7.55. The molecule has 0 atom stereocenters. The molecule has 4 aromatic carbocycles. The van der Waals surface area contributed by atoms with E-state index in [1.165, 1.54) is 38.2 Å². The minimum Gasteiger partial charge on any atom is -0.447 e. The van der Waals surface area contributed by atoms with Crippen LogP contribution in [-0.4, -0.2) is 4.98 Å². The van der Waals surface area contributed by atoms with Crippen LogP contribution < -0.4 is 4.57 Å². The molecule has 0 fully saturated rings. The van der Waals surface area contributed by atoms with Crippen LogP contribution in [0, 0.1) is 0 Å². The number of hydrogen-bond acceptors (Lipinski definition) is 2. The zero-order chi connectivity index (χ0) is 25.0. The summed E-state index contributed by atoms with van der Waals surface area (Å²) in [4.78, 5) is 5.06. The lowest BCUT2D eigenvalue weighted by atomic mass is 9.64. The molecule has 0 radical (unpaired) electrons. The van der Waals surface area contributed by atoms with Gasteiger partial charge in [-0.25, -0.2) is 4.57 Å². The Kier molecular flexibility index (Phi) is 4.16. The van der Waals surface area contributed by atoms with Gasteiger partial charge in [-0.05, 0) is 63.5 Å². The molecule has 1 aliphatic rings. The lowest BCUT2D eigenvalue weighted by molar-refractivity contribution is -0.761. The van der Waals surface area contributed by atoms with Crippen LogP contribution in [0.15, 0.2) is 77.5 Å². The molecule has 0 saturated carbocycles. The summed E-state index contributed by atoms with van der Waals surface area (Å²) in [6.07, 6.45) is 2.05. The summed E-state index contributed by atoms with van der Waals surface area (Å²) >= 11 is 0. The maximum absolute atomic E-state index is 6.72. The van der Waals surface area contributed by atoms with E-state index in [4.69, 9.17) is 9.40 Å². The van der Waals surface area contributed by atoms with Crippen LogP contribution in [0.3, 0.4) is 0 Å². The molecule has 0 spiro atoms. The number of aromatic nitrogens is 2. The van der Waals surface area contributed by atoms with E-state index in [9.17, 15) is 0 Å². The van der Waals surface area contributed by atoms with Crippen molar-refractivity contribution in [3.05, 3.63) is 84.2 Å². The Morgan fingerprint density at radius 2 is 1.53 bits per heavy atom. The van der Waals surface area contributed by atoms with E-state index >= 15 is 0 Å². The first-order valence-electron chi connectivity index (χ1n) is 12.9. The van der Waals surface area contributed by atoms with Crippen molar-refractivity contribution in [1.29, 1.82) is 0 Å². The van der Waals surface area contributed by atoms with Crippen molar-refractivity contribution in [2.24, 2.45) is 0 Å². The van der Waals surface area contributed by atoms with Crippen molar-refractivity contribution in [1.82, 2.24) is 4.98 Å². The van der Waals surface area contributed by atoms with Crippen LogP contribution in [0.1, 0.15) is 58.6 Å². The van der Waals surface area contributed by atoms with Crippen LogP contribution in [0.5, 0.6) is 0 Å². The van der Waals surface area contributed by atoms with Gasteiger partial charge in [0.1, 0.15) is 11.1 Å². The van der Waals surface area contributed by atoms with Crippen LogP contribution in [-0.2, 0) is 11.0 Å². The second-order valence-electron chi connectivity index (χ2n) is 11.7. The first-order chi connectivity index (χ1) is 17.2. The Labute approximate surface area is 211 Å². The summed E-state index contributed by atoms with van der Waals surface area (Å²) in [6.45, 7) is 14.0. The van der Waals surface area contributed by atoms with Gasteiger partial charge in [-0.2, -0.15) is 0 Å². The van der Waals surface area contributed by atoms with Crippen molar-refractivity contribution >= 4 is 43.6 Å². The number of nitrogens with zero attached hydrogens (tertiary/aromatic N) is 2. The first-order valence-corrected chi connectivity index (χ1v) is 12.9. The van der Waals surface area contributed by atoms with Gasteiger partial charge in [-0.15, -0.1) is 0 Å². The summed E-state index contributed by atoms with van der Waals surface area (Å²) in [6, 6.07) is 24.1. The van der Waals surface area contributed by atoms with Gasteiger partial charge in [0.2, 0.25) is 11.1 Å². The highest BCUT2D eigenvalue weighted by molar-refractivity contribution is 6.19. The SMILES string of the molecule is CC(C)c1cc2c(c3ccccc13)-c1c3oc4ccc5ccccc5c4c3nc[n+]1C(C)(C)C2(C)C. The zero-order valence-electron chi connectivity index (χ0n) is 21.8. The predicted molar refractivity (Wildman–Crippen MR) is 149 cm³/mol. The van der Waals surface area contributed by atoms with Gasteiger partial charge in [-0.3, -0.25) is 0 Å². The summed E-state index contributed by atoms with van der Waals surface area (Å²) in [5.74, 6) is 0.434. The Balaban J connectivity index is 1.73. The largest absolute Gasteiger partial charge is 0.447 e. The van der Waals surface area contributed by atoms with Crippen molar-refractivity contribution in [3.63, 3.8) is 0 Å². The van der Waals surface area contributed by atoms with E-state index < -0.39 is 0 Å². The third kappa shape index (κ3) is 2.53. The predicted octanol–water partition coefficient (Wildman–Crippen LogP) is 8.39. The molecule has 178 valence electrons. The fraction of sp³-hybridized carbons (Fsp3) is 0.273. The highest BCUT2D eigenvalue weighted by Gasteiger charge is 2.51. The van der Waals surface area contributed by atoms with Gasteiger partial charge in [0, 0.05) is 11.0 Å². The number of benzene rings is 4. The van der Waals surface area contributed by atoms with E-state index in [1.54, 1.807) is 0 Å². The van der Waals surface area contributed by atoms with Crippen molar-refractivity contribution in [3.8, 4) is 11.3 Å². The summed E-state index contributed by atoms with van der Waals surface area (Å²) in [5, 5.41) is 6.09. The number of fused-ring (bicyclic) bond motifs is 11. The molecule has 0 unspecified atom stereocenters. The van der Waals surface area contributed by atoms with Gasteiger partial charge in [0.15, 0.2) is 5.69 Å². The standard InChI is InChI=1S/C33H31N2O/c1-19(2)24-17-25-27(23-14-10-9-13-22(23)24)30-31-29(34-18-35(30)33(5,6)32(25,3)4)28-21-12-8-7-11-20(21)15-16-26(28)36-31/h7-19H,1-6H3/q+1. The Morgan fingerprint density at radius 3 is 2.28 bits per heavy atom. The van der Waals surface area contributed by atoms with Crippen molar-refractivity contribution < 1.29 is 8.98 Å². The molecule has 0 bridgehead atoms. The highest BCUT2D eigenvalue weighted by atomic mass is 16.3. The Morgan fingerprint density at radius 1 is 0.833 bits per heavy atom. The van der Waals surface area contributed by atoms with Crippen molar-refractivity contribution in [2.75, 3.05) is 0 Å². The molecule has 36 heavy (non-hydrogen) atoms. The van der Waals surface area contributed by atoms with E-state index in [2.05, 4.69) is 113 Å². The molecule has 3 nitrogen and oxygen atoms in total. The number of rotatable bonds is 1. The molecule has 0 saturated heterocycles. The van der Waals surface area contributed by atoms with Gasteiger partial charge in [0.25, 0.3) is 6.33 Å². The molecule has 0 N–H and O–H groups in total. The minimum absolute atomic E-state index is 0.123. The Bertz CT molecular complexity index is 1870. The molecule has 3 heteroatoms. The normalized spacial score (nSPS) is 16.2. The lowest BCUT2D eigenvalue weighted by Gasteiger charge is -2.45. The van der Waals surface area contributed by atoms with E-state index in [0.29, 0.717) is 5.92 Å². The quantitative estimate of drug-likeness (QED) is 0.225. The van der Waals surface area contributed by atoms with Gasteiger partial charge < -0.3 is 4.42 Å². The molecular weight excluding hydrogens is 440 g/mol. The van der Waals surface area contributed by atoms with E-state index in [-0.39, 0.29) is 11.0 Å². The molecule has 1 aliphatic heterocycles. The second-order valence-corrected chi connectivity index (χ2v) is 11.7. The van der Waals surface area contributed by atoms with Crippen LogP contribution in [0.2, 0.25) is 0 Å². The number of furan rings is 1. The maximum Gasteiger partial charge on any atom is 0.288 e. The third-order valence-electron chi connectivity index (χ3n) is 9.05. The molecule has 7 rings (SSSR count). The second kappa shape index (κ2) is 6.94.